The van der Waals surface area contributed by atoms with Crippen LogP contribution in [0.5, 0.6) is 0 Å². The van der Waals surface area contributed by atoms with E-state index in [2.05, 4.69) is 25.8 Å². The SMILES string of the molecule is O=c1cc(CN2CCC(Cc3cc(Cl)ccc3Br)CC2)[nH]c(=O)n1Cc1ccccc1. The maximum absolute atomic E-state index is 12.5. The van der Waals surface area contributed by atoms with Crippen LogP contribution in [0.3, 0.4) is 0 Å². The van der Waals surface area contributed by atoms with Crippen molar-refractivity contribution in [3.63, 3.8) is 0 Å². The molecule has 1 saturated heterocycles. The van der Waals surface area contributed by atoms with Crippen molar-refractivity contribution in [2.45, 2.75) is 32.4 Å². The van der Waals surface area contributed by atoms with Crippen LogP contribution in [0.25, 0.3) is 0 Å². The van der Waals surface area contributed by atoms with Crippen LogP contribution in [0.4, 0.5) is 0 Å². The van der Waals surface area contributed by atoms with E-state index in [0.29, 0.717) is 18.2 Å². The standard InChI is InChI=1S/C24H25BrClN3O2/c25-22-7-6-20(26)13-19(22)12-17-8-10-28(11-9-17)16-21-14-23(30)29(24(31)27-21)15-18-4-2-1-3-5-18/h1-7,13-14,17H,8-12,15-16H2,(H,27,31). The monoisotopic (exact) mass is 501 g/mol. The lowest BCUT2D eigenvalue weighted by atomic mass is 9.90. The van der Waals surface area contributed by atoms with Crippen molar-refractivity contribution in [3.05, 3.63) is 102 Å². The second-order valence-corrected chi connectivity index (χ2v) is 9.46. The van der Waals surface area contributed by atoms with Gasteiger partial charge in [0.15, 0.2) is 0 Å². The summed E-state index contributed by atoms with van der Waals surface area (Å²) in [5.74, 6) is 0.601. The van der Waals surface area contributed by atoms with Gasteiger partial charge in [-0.1, -0.05) is 57.9 Å². The first-order valence-corrected chi connectivity index (χ1v) is 11.7. The zero-order chi connectivity index (χ0) is 21.8. The van der Waals surface area contributed by atoms with Gasteiger partial charge in [-0.05, 0) is 67.6 Å². The lowest BCUT2D eigenvalue weighted by Gasteiger charge is -2.32. The van der Waals surface area contributed by atoms with Gasteiger partial charge in [-0.25, -0.2) is 4.79 Å². The summed E-state index contributed by atoms with van der Waals surface area (Å²) in [5.41, 5.74) is 2.24. The van der Waals surface area contributed by atoms with Crippen molar-refractivity contribution < 1.29 is 0 Å². The van der Waals surface area contributed by atoms with E-state index in [9.17, 15) is 9.59 Å². The number of aromatic nitrogens is 2. The van der Waals surface area contributed by atoms with Gasteiger partial charge in [0.25, 0.3) is 5.56 Å². The van der Waals surface area contributed by atoms with Crippen LogP contribution in [0, 0.1) is 5.92 Å². The summed E-state index contributed by atoms with van der Waals surface area (Å²) in [7, 11) is 0. The molecule has 1 aliphatic rings. The van der Waals surface area contributed by atoms with Crippen LogP contribution in [0.1, 0.15) is 29.7 Å². The molecule has 2 heterocycles. The number of aromatic amines is 1. The van der Waals surface area contributed by atoms with Crippen LogP contribution in [-0.4, -0.2) is 27.5 Å². The quantitative estimate of drug-likeness (QED) is 0.542. The first-order chi connectivity index (χ1) is 15.0. The van der Waals surface area contributed by atoms with Gasteiger partial charge < -0.3 is 4.98 Å². The molecule has 3 aromatic rings. The number of halogens is 2. The Morgan fingerprint density at radius 3 is 2.45 bits per heavy atom. The Kier molecular flexibility index (Phi) is 7.10. The van der Waals surface area contributed by atoms with E-state index >= 15 is 0 Å². The molecule has 0 unspecified atom stereocenters. The number of likely N-dealkylation sites (tertiary alicyclic amines) is 1. The van der Waals surface area contributed by atoms with Crippen molar-refractivity contribution >= 4 is 27.5 Å². The molecule has 0 amide bonds. The minimum Gasteiger partial charge on any atom is -0.310 e. The van der Waals surface area contributed by atoms with Gasteiger partial charge in [-0.3, -0.25) is 14.3 Å². The van der Waals surface area contributed by atoms with E-state index in [-0.39, 0.29) is 17.8 Å². The molecule has 2 aromatic carbocycles. The maximum atomic E-state index is 12.5. The highest BCUT2D eigenvalue weighted by molar-refractivity contribution is 9.10. The highest BCUT2D eigenvalue weighted by Crippen LogP contribution is 2.28. The minimum atomic E-state index is -0.355. The van der Waals surface area contributed by atoms with Crippen LogP contribution in [0.2, 0.25) is 5.02 Å². The largest absolute Gasteiger partial charge is 0.328 e. The van der Waals surface area contributed by atoms with Crippen molar-refractivity contribution in [2.75, 3.05) is 13.1 Å². The zero-order valence-corrected chi connectivity index (χ0v) is 19.5. The summed E-state index contributed by atoms with van der Waals surface area (Å²) in [4.78, 5) is 30.2. The van der Waals surface area contributed by atoms with E-state index in [0.717, 1.165) is 47.4 Å². The van der Waals surface area contributed by atoms with Gasteiger partial charge >= 0.3 is 5.69 Å². The normalized spacial score (nSPS) is 15.3. The third kappa shape index (κ3) is 5.76. The third-order valence-corrected chi connectivity index (χ3v) is 6.89. The molecule has 0 saturated carbocycles. The van der Waals surface area contributed by atoms with Gasteiger partial charge in [-0.2, -0.15) is 0 Å². The second kappa shape index (κ2) is 9.98. The number of hydrogen-bond acceptors (Lipinski definition) is 3. The first-order valence-electron chi connectivity index (χ1n) is 10.5. The average Bonchev–Trinajstić information content (AvgIpc) is 2.75. The number of benzene rings is 2. The summed E-state index contributed by atoms with van der Waals surface area (Å²) in [6, 6.07) is 17.0. The maximum Gasteiger partial charge on any atom is 0.328 e. The Balaban J connectivity index is 1.36. The number of nitrogens with zero attached hydrogens (tertiary/aromatic N) is 2. The van der Waals surface area contributed by atoms with E-state index in [1.807, 2.05) is 48.5 Å². The molecule has 0 bridgehead atoms. The summed E-state index contributed by atoms with van der Waals surface area (Å²) >= 11 is 9.76. The number of piperidine rings is 1. The Morgan fingerprint density at radius 2 is 1.74 bits per heavy atom. The molecule has 1 aliphatic heterocycles. The zero-order valence-electron chi connectivity index (χ0n) is 17.2. The van der Waals surface area contributed by atoms with Crippen molar-refractivity contribution in [2.24, 2.45) is 5.92 Å². The van der Waals surface area contributed by atoms with Crippen molar-refractivity contribution in [1.82, 2.24) is 14.5 Å². The molecular formula is C24H25BrClN3O2. The smallest absolute Gasteiger partial charge is 0.310 e. The fourth-order valence-electron chi connectivity index (χ4n) is 4.17. The van der Waals surface area contributed by atoms with Gasteiger partial charge in [0.1, 0.15) is 0 Å². The van der Waals surface area contributed by atoms with Crippen LogP contribution in [0.15, 0.2) is 68.7 Å². The summed E-state index contributed by atoms with van der Waals surface area (Å²) in [6.07, 6.45) is 3.16. The summed E-state index contributed by atoms with van der Waals surface area (Å²) < 4.78 is 2.35. The van der Waals surface area contributed by atoms with Crippen molar-refractivity contribution in [3.8, 4) is 0 Å². The Bertz CT molecular complexity index is 1120. The molecule has 162 valence electrons. The number of nitrogens with one attached hydrogen (secondary N) is 1. The highest BCUT2D eigenvalue weighted by Gasteiger charge is 2.21. The Hall–Kier alpha value is -2.15. The molecule has 0 radical (unpaired) electrons. The molecular weight excluding hydrogens is 478 g/mol. The van der Waals surface area contributed by atoms with Crippen LogP contribution >= 0.6 is 27.5 Å². The molecule has 0 atom stereocenters. The average molecular weight is 503 g/mol. The molecule has 0 spiro atoms. The number of hydrogen-bond donors (Lipinski definition) is 1. The van der Waals surface area contributed by atoms with Crippen LogP contribution in [-0.2, 0) is 19.5 Å². The Morgan fingerprint density at radius 1 is 1.00 bits per heavy atom. The topological polar surface area (TPSA) is 58.1 Å². The minimum absolute atomic E-state index is 0.261. The molecule has 1 N–H and O–H groups in total. The van der Waals surface area contributed by atoms with Gasteiger partial charge in [-0.15, -0.1) is 0 Å². The van der Waals surface area contributed by atoms with Crippen molar-refractivity contribution in [1.29, 1.82) is 0 Å². The predicted octanol–water partition coefficient (Wildman–Crippen LogP) is 4.46. The lowest BCUT2D eigenvalue weighted by molar-refractivity contribution is 0.175. The van der Waals surface area contributed by atoms with Gasteiger partial charge in [0, 0.05) is 27.8 Å². The second-order valence-electron chi connectivity index (χ2n) is 8.17. The van der Waals surface area contributed by atoms with Gasteiger partial charge in [0.05, 0.1) is 6.54 Å². The van der Waals surface area contributed by atoms with E-state index in [1.165, 1.54) is 10.1 Å². The third-order valence-electron chi connectivity index (χ3n) is 5.88. The van der Waals surface area contributed by atoms with E-state index in [4.69, 9.17) is 11.6 Å². The number of H-pyrrole nitrogens is 1. The fraction of sp³-hybridized carbons (Fsp3) is 0.333. The van der Waals surface area contributed by atoms with Gasteiger partial charge in [0.2, 0.25) is 0 Å². The molecule has 5 nitrogen and oxygen atoms in total. The molecule has 31 heavy (non-hydrogen) atoms. The molecule has 1 fully saturated rings. The summed E-state index contributed by atoms with van der Waals surface area (Å²) in [5, 5.41) is 0.765. The summed E-state index contributed by atoms with van der Waals surface area (Å²) in [6.45, 7) is 2.75. The predicted molar refractivity (Wildman–Crippen MR) is 128 cm³/mol. The number of rotatable bonds is 6. The fourth-order valence-corrected chi connectivity index (χ4v) is 4.77. The van der Waals surface area contributed by atoms with E-state index < -0.39 is 0 Å². The molecule has 1 aromatic heterocycles. The van der Waals surface area contributed by atoms with Crippen LogP contribution < -0.4 is 11.2 Å². The molecule has 4 rings (SSSR count). The first kappa shape index (κ1) is 22.1. The Labute approximate surface area is 194 Å². The highest BCUT2D eigenvalue weighted by atomic mass is 79.9. The lowest BCUT2D eigenvalue weighted by Crippen LogP contribution is -2.38. The molecule has 0 aliphatic carbocycles. The van der Waals surface area contributed by atoms with E-state index in [1.54, 1.807) is 6.07 Å². The molecule has 7 heteroatoms.